The van der Waals surface area contributed by atoms with E-state index in [9.17, 15) is 35.7 Å². The second kappa shape index (κ2) is 14.1. The standard InChI is InChI=1S/C23H46N6O13/c24-2-7-13(32)15(34)10(28)21(37-7)40-18-6(27)1-5(26)12(31)20(18)42-23-17(36)19(9(4-30)39-23)41-22-11(29)16(35)14(33)8(3-25)38-22/h5-23,30-36H,1-4,24-29H2/t5-,6?,7?,8-,9-,10?,11?,12?,13+,14-,15-,16?,17+,18+,19?,20-,21+,22-,23+/m1/s1. The van der Waals surface area contributed by atoms with Crippen molar-refractivity contribution in [3.8, 4) is 0 Å². The van der Waals surface area contributed by atoms with E-state index in [2.05, 4.69) is 0 Å². The van der Waals surface area contributed by atoms with E-state index in [0.29, 0.717) is 0 Å². The number of aliphatic hydroxyl groups excluding tert-OH is 7. The molecular weight excluding hydrogens is 568 g/mol. The number of rotatable bonds is 9. The highest BCUT2D eigenvalue weighted by Crippen LogP contribution is 2.34. The van der Waals surface area contributed by atoms with Crippen LogP contribution in [0.4, 0.5) is 0 Å². The first kappa shape index (κ1) is 34.1. The van der Waals surface area contributed by atoms with Crippen LogP contribution in [-0.2, 0) is 28.4 Å². The molecular formula is C23H46N6O13. The summed E-state index contributed by atoms with van der Waals surface area (Å²) in [7, 11) is 0. The van der Waals surface area contributed by atoms with Gasteiger partial charge in [-0.05, 0) is 6.42 Å². The van der Waals surface area contributed by atoms with Crippen LogP contribution in [0.2, 0.25) is 0 Å². The normalized spacial score (nSPS) is 53.8. The molecule has 3 aliphatic heterocycles. The van der Waals surface area contributed by atoms with Crippen molar-refractivity contribution in [3.63, 3.8) is 0 Å². The van der Waals surface area contributed by atoms with E-state index >= 15 is 0 Å². The average molecular weight is 615 g/mol. The number of aliphatic hydroxyl groups is 7. The summed E-state index contributed by atoms with van der Waals surface area (Å²) in [4.78, 5) is 0. The van der Waals surface area contributed by atoms with Gasteiger partial charge in [0.05, 0.1) is 24.8 Å². The molecule has 1 aliphatic carbocycles. The summed E-state index contributed by atoms with van der Waals surface area (Å²) in [6.07, 6.45) is -19.8. The van der Waals surface area contributed by atoms with Gasteiger partial charge in [-0.15, -0.1) is 0 Å². The molecule has 19 N–H and O–H groups in total. The number of nitrogens with two attached hydrogens (primary N) is 6. The minimum Gasteiger partial charge on any atom is -0.394 e. The summed E-state index contributed by atoms with van der Waals surface area (Å²) in [6.45, 7) is -0.967. The van der Waals surface area contributed by atoms with Crippen LogP contribution in [0.5, 0.6) is 0 Å². The lowest BCUT2D eigenvalue weighted by Gasteiger charge is -2.47. The van der Waals surface area contributed by atoms with Gasteiger partial charge in [0.25, 0.3) is 0 Å². The number of ether oxygens (including phenoxy) is 6. The maximum Gasteiger partial charge on any atom is 0.187 e. The highest BCUT2D eigenvalue weighted by Gasteiger charge is 2.54. The molecule has 0 aromatic rings. The van der Waals surface area contributed by atoms with E-state index in [4.69, 9.17) is 62.8 Å². The minimum absolute atomic E-state index is 0.0889. The smallest absolute Gasteiger partial charge is 0.187 e. The molecule has 0 spiro atoms. The van der Waals surface area contributed by atoms with Gasteiger partial charge in [0.1, 0.15) is 67.1 Å². The molecule has 19 atom stereocenters. The molecule has 4 aliphatic rings. The Bertz CT molecular complexity index is 868. The van der Waals surface area contributed by atoms with Crippen molar-refractivity contribution in [2.75, 3.05) is 19.7 Å². The molecule has 4 fully saturated rings. The molecule has 0 aromatic heterocycles. The van der Waals surface area contributed by atoms with Gasteiger partial charge in [0, 0.05) is 25.2 Å². The molecule has 7 unspecified atom stereocenters. The van der Waals surface area contributed by atoms with E-state index in [1.54, 1.807) is 0 Å². The molecule has 4 rings (SSSR count). The lowest BCUT2D eigenvalue weighted by molar-refractivity contribution is -0.306. The zero-order chi connectivity index (χ0) is 31.0. The first-order chi connectivity index (χ1) is 19.8. The maximum absolute atomic E-state index is 11.1. The average Bonchev–Trinajstić information content (AvgIpc) is 3.27. The molecule has 0 bridgehead atoms. The van der Waals surface area contributed by atoms with Gasteiger partial charge in [-0.1, -0.05) is 0 Å². The Morgan fingerprint density at radius 1 is 0.524 bits per heavy atom. The molecule has 19 heteroatoms. The van der Waals surface area contributed by atoms with Gasteiger partial charge >= 0.3 is 0 Å². The van der Waals surface area contributed by atoms with E-state index in [-0.39, 0.29) is 19.5 Å². The fraction of sp³-hybridized carbons (Fsp3) is 1.00. The Kier molecular flexibility index (Phi) is 11.5. The Balaban J connectivity index is 1.50. The highest BCUT2D eigenvalue weighted by molar-refractivity contribution is 5.02. The molecule has 246 valence electrons. The van der Waals surface area contributed by atoms with Crippen molar-refractivity contribution in [2.45, 2.75) is 123 Å². The molecule has 3 heterocycles. The van der Waals surface area contributed by atoms with Crippen molar-refractivity contribution in [3.05, 3.63) is 0 Å². The summed E-state index contributed by atoms with van der Waals surface area (Å²) in [5.41, 5.74) is 35.6. The highest BCUT2D eigenvalue weighted by atomic mass is 16.8. The van der Waals surface area contributed by atoms with Crippen molar-refractivity contribution < 1.29 is 64.2 Å². The number of hydrogen-bond acceptors (Lipinski definition) is 19. The fourth-order valence-electron chi connectivity index (χ4n) is 5.74. The topological polar surface area (TPSA) is 353 Å². The Morgan fingerprint density at radius 3 is 1.45 bits per heavy atom. The van der Waals surface area contributed by atoms with Crippen LogP contribution in [-0.4, -0.2) is 172 Å². The fourth-order valence-corrected chi connectivity index (χ4v) is 5.74. The number of hydrogen-bond donors (Lipinski definition) is 13. The molecule has 19 nitrogen and oxygen atoms in total. The van der Waals surface area contributed by atoms with Crippen LogP contribution in [0.1, 0.15) is 6.42 Å². The van der Waals surface area contributed by atoms with E-state index in [1.807, 2.05) is 0 Å². The summed E-state index contributed by atoms with van der Waals surface area (Å²) < 4.78 is 34.6. The quantitative estimate of drug-likeness (QED) is 0.115. The zero-order valence-electron chi connectivity index (χ0n) is 22.8. The lowest BCUT2D eigenvalue weighted by Crippen LogP contribution is -2.68. The zero-order valence-corrected chi connectivity index (χ0v) is 22.8. The van der Waals surface area contributed by atoms with Gasteiger partial charge in [0.15, 0.2) is 18.9 Å². The van der Waals surface area contributed by atoms with Crippen LogP contribution in [0, 0.1) is 0 Å². The van der Waals surface area contributed by atoms with Crippen molar-refractivity contribution in [1.82, 2.24) is 0 Å². The van der Waals surface area contributed by atoms with Crippen molar-refractivity contribution >= 4 is 0 Å². The van der Waals surface area contributed by atoms with E-state index in [0.717, 1.165) is 0 Å². The summed E-state index contributed by atoms with van der Waals surface area (Å²) in [5, 5.41) is 73.0. The predicted molar refractivity (Wildman–Crippen MR) is 138 cm³/mol. The van der Waals surface area contributed by atoms with E-state index < -0.39 is 123 Å². The minimum atomic E-state index is -1.60. The van der Waals surface area contributed by atoms with Gasteiger partial charge in [-0.25, -0.2) is 0 Å². The van der Waals surface area contributed by atoms with Crippen molar-refractivity contribution in [1.29, 1.82) is 0 Å². The predicted octanol–water partition coefficient (Wildman–Crippen LogP) is -8.90. The molecule has 0 aromatic carbocycles. The third kappa shape index (κ3) is 6.60. The van der Waals surface area contributed by atoms with E-state index in [1.165, 1.54) is 0 Å². The SMILES string of the molecule is NCC1O[C@@H](O[C@H]2C(N)C[C@@H](N)C(O)[C@H]2O[C@@H]2O[C@H](CO)C(O[C@H]3O[C@H](CN)[C@@H](O)C(O)C3N)[C@@H]2O)C(N)[C@@H](O)[C@H]1O. The van der Waals surface area contributed by atoms with Gasteiger partial charge < -0.3 is 98.6 Å². The van der Waals surface area contributed by atoms with Gasteiger partial charge in [-0.3, -0.25) is 0 Å². The van der Waals surface area contributed by atoms with Crippen LogP contribution >= 0.6 is 0 Å². The summed E-state index contributed by atoms with van der Waals surface area (Å²) >= 11 is 0. The molecule has 0 radical (unpaired) electrons. The molecule has 0 amide bonds. The van der Waals surface area contributed by atoms with Gasteiger partial charge in [0.2, 0.25) is 0 Å². The van der Waals surface area contributed by atoms with Gasteiger partial charge in [-0.2, -0.15) is 0 Å². The first-order valence-electron chi connectivity index (χ1n) is 13.9. The third-order valence-electron chi connectivity index (χ3n) is 8.37. The Morgan fingerprint density at radius 2 is 0.976 bits per heavy atom. The first-order valence-corrected chi connectivity index (χ1v) is 13.9. The third-order valence-corrected chi connectivity index (χ3v) is 8.37. The van der Waals surface area contributed by atoms with Crippen LogP contribution in [0.3, 0.4) is 0 Å². The monoisotopic (exact) mass is 614 g/mol. The van der Waals surface area contributed by atoms with Crippen LogP contribution in [0.15, 0.2) is 0 Å². The van der Waals surface area contributed by atoms with Crippen LogP contribution in [0.25, 0.3) is 0 Å². The molecule has 1 saturated carbocycles. The Labute approximate surface area is 241 Å². The van der Waals surface area contributed by atoms with Crippen molar-refractivity contribution in [2.24, 2.45) is 34.4 Å². The second-order valence-electron chi connectivity index (χ2n) is 11.2. The van der Waals surface area contributed by atoms with Crippen LogP contribution < -0.4 is 34.4 Å². The largest absolute Gasteiger partial charge is 0.394 e. The lowest BCUT2D eigenvalue weighted by atomic mass is 9.84. The maximum atomic E-state index is 11.1. The second-order valence-corrected chi connectivity index (χ2v) is 11.2. The molecule has 3 saturated heterocycles. The summed E-state index contributed by atoms with van der Waals surface area (Å²) in [6, 6.07) is -4.18. The Hall–Kier alpha value is -0.760. The summed E-state index contributed by atoms with van der Waals surface area (Å²) in [5.74, 6) is 0. The molecule has 42 heavy (non-hydrogen) atoms.